The van der Waals surface area contributed by atoms with Gasteiger partial charge in [0.1, 0.15) is 11.9 Å². The maximum absolute atomic E-state index is 6.08. The molecule has 0 radical (unpaired) electrons. The van der Waals surface area contributed by atoms with E-state index in [0.717, 1.165) is 18.7 Å². The lowest BCUT2D eigenvalue weighted by Gasteiger charge is -2.23. The zero-order valence-electron chi connectivity index (χ0n) is 11.3. The first-order valence-corrected chi connectivity index (χ1v) is 6.77. The molecule has 0 aliphatic carbocycles. The molecular weight excluding hydrogens is 238 g/mol. The van der Waals surface area contributed by atoms with Crippen LogP contribution in [0.2, 0.25) is 0 Å². The van der Waals surface area contributed by atoms with Crippen LogP contribution in [0.25, 0.3) is 0 Å². The Kier molecular flexibility index (Phi) is 3.25. The maximum atomic E-state index is 6.08. The average Bonchev–Trinajstić information content (AvgIpc) is 3.05. The number of nitrogens with one attached hydrogen (secondary N) is 1. The Bertz CT molecular complexity index is 539. The van der Waals surface area contributed by atoms with E-state index >= 15 is 0 Å². The van der Waals surface area contributed by atoms with Gasteiger partial charge >= 0.3 is 0 Å². The van der Waals surface area contributed by atoms with Crippen molar-refractivity contribution in [2.24, 2.45) is 0 Å². The number of para-hydroxylation sites is 1. The molecule has 2 aromatic rings. The second-order valence-electron chi connectivity index (χ2n) is 4.81. The van der Waals surface area contributed by atoms with Gasteiger partial charge in [0, 0.05) is 19.2 Å². The summed E-state index contributed by atoms with van der Waals surface area (Å²) in [4.78, 5) is 0. The highest BCUT2D eigenvalue weighted by atomic mass is 16.5. The number of hydrogen-bond donors (Lipinski definition) is 1. The van der Waals surface area contributed by atoms with Gasteiger partial charge in [-0.2, -0.15) is 5.10 Å². The zero-order valence-corrected chi connectivity index (χ0v) is 11.3. The summed E-state index contributed by atoms with van der Waals surface area (Å²) in [7, 11) is 1.98. The van der Waals surface area contributed by atoms with Crippen LogP contribution in [0.15, 0.2) is 36.5 Å². The molecule has 2 unspecified atom stereocenters. The van der Waals surface area contributed by atoms with Crippen molar-refractivity contribution in [3.05, 3.63) is 47.8 Å². The third-order valence-corrected chi connectivity index (χ3v) is 3.72. The van der Waals surface area contributed by atoms with Crippen molar-refractivity contribution in [1.82, 2.24) is 15.1 Å². The van der Waals surface area contributed by atoms with Gasteiger partial charge in [0.05, 0.1) is 11.7 Å². The summed E-state index contributed by atoms with van der Waals surface area (Å²) in [5.41, 5.74) is 2.47. The van der Waals surface area contributed by atoms with E-state index in [0.29, 0.717) is 0 Å². The first-order valence-electron chi connectivity index (χ1n) is 6.77. The van der Waals surface area contributed by atoms with Crippen molar-refractivity contribution < 1.29 is 4.74 Å². The topological polar surface area (TPSA) is 39.1 Å². The number of rotatable bonds is 4. The Labute approximate surface area is 113 Å². The fraction of sp³-hybridized carbons (Fsp3) is 0.400. The van der Waals surface area contributed by atoms with Crippen molar-refractivity contribution in [1.29, 1.82) is 0 Å². The van der Waals surface area contributed by atoms with Gasteiger partial charge in [-0.1, -0.05) is 18.2 Å². The number of nitrogens with zero attached hydrogens (tertiary/aromatic N) is 2. The van der Waals surface area contributed by atoms with Gasteiger partial charge in [0.25, 0.3) is 0 Å². The van der Waals surface area contributed by atoms with Crippen LogP contribution in [0.3, 0.4) is 0 Å². The molecule has 0 fully saturated rings. The molecule has 0 saturated carbocycles. The van der Waals surface area contributed by atoms with E-state index in [1.807, 2.05) is 30.1 Å². The Hall–Kier alpha value is -1.81. The van der Waals surface area contributed by atoms with Gasteiger partial charge in [-0.25, -0.2) is 0 Å². The molecule has 2 heterocycles. The standard InChI is InChI=1S/C15H19N3O/c1-3-18-12(8-9-17-18)15(16-2)14-10-11-6-4-5-7-13(11)19-14/h4-9,14-16H,3,10H2,1-2H3. The number of likely N-dealkylation sites (N-methyl/N-ethyl adjacent to an activating group) is 1. The summed E-state index contributed by atoms with van der Waals surface area (Å²) in [6, 6.07) is 10.5. The van der Waals surface area contributed by atoms with E-state index in [4.69, 9.17) is 4.74 Å². The van der Waals surface area contributed by atoms with E-state index in [2.05, 4.69) is 35.5 Å². The van der Waals surface area contributed by atoms with Gasteiger partial charge in [-0.3, -0.25) is 4.68 Å². The van der Waals surface area contributed by atoms with E-state index in [1.165, 1.54) is 11.3 Å². The van der Waals surface area contributed by atoms with Crippen LogP contribution in [0.1, 0.15) is 24.2 Å². The lowest BCUT2D eigenvalue weighted by Crippen LogP contribution is -2.34. The number of fused-ring (bicyclic) bond motifs is 1. The maximum Gasteiger partial charge on any atom is 0.124 e. The minimum atomic E-state index is 0.129. The van der Waals surface area contributed by atoms with Crippen LogP contribution in [0.4, 0.5) is 0 Å². The van der Waals surface area contributed by atoms with Crippen molar-refractivity contribution in [2.75, 3.05) is 7.05 Å². The van der Waals surface area contributed by atoms with Gasteiger partial charge in [0.15, 0.2) is 0 Å². The molecule has 1 aromatic heterocycles. The van der Waals surface area contributed by atoms with Crippen LogP contribution in [-0.2, 0) is 13.0 Å². The molecule has 2 atom stereocenters. The van der Waals surface area contributed by atoms with E-state index in [9.17, 15) is 0 Å². The number of hydrogen-bond acceptors (Lipinski definition) is 3. The van der Waals surface area contributed by atoms with E-state index < -0.39 is 0 Å². The van der Waals surface area contributed by atoms with Gasteiger partial charge < -0.3 is 10.1 Å². The van der Waals surface area contributed by atoms with Gasteiger partial charge in [0.2, 0.25) is 0 Å². The fourth-order valence-electron chi connectivity index (χ4n) is 2.79. The summed E-state index contributed by atoms with van der Waals surface area (Å²) < 4.78 is 8.10. The molecule has 1 aromatic carbocycles. The van der Waals surface area contributed by atoms with Crippen molar-refractivity contribution in [3.63, 3.8) is 0 Å². The van der Waals surface area contributed by atoms with Crippen LogP contribution in [0.5, 0.6) is 5.75 Å². The summed E-state index contributed by atoms with van der Waals surface area (Å²) in [5.74, 6) is 1.01. The predicted octanol–water partition coefficient (Wildman–Crippen LogP) is 2.17. The van der Waals surface area contributed by atoms with Crippen molar-refractivity contribution in [2.45, 2.75) is 32.0 Å². The highest BCUT2D eigenvalue weighted by Gasteiger charge is 2.31. The molecule has 19 heavy (non-hydrogen) atoms. The van der Waals surface area contributed by atoms with Crippen LogP contribution in [0, 0.1) is 0 Å². The molecule has 0 spiro atoms. The SMILES string of the molecule is CCn1nccc1C(NC)C1Cc2ccccc2O1. The van der Waals surface area contributed by atoms with Crippen molar-refractivity contribution in [3.8, 4) is 5.75 Å². The van der Waals surface area contributed by atoms with Crippen molar-refractivity contribution >= 4 is 0 Å². The normalized spacial score (nSPS) is 18.9. The molecule has 0 saturated heterocycles. The predicted molar refractivity (Wildman–Crippen MR) is 74.3 cm³/mol. The molecule has 0 amide bonds. The van der Waals surface area contributed by atoms with Gasteiger partial charge in [-0.05, 0) is 31.7 Å². The molecule has 1 aliphatic heterocycles. The molecule has 4 nitrogen and oxygen atoms in total. The lowest BCUT2D eigenvalue weighted by molar-refractivity contribution is 0.178. The number of aryl methyl sites for hydroxylation is 1. The summed E-state index contributed by atoms with van der Waals surface area (Å²) in [5, 5.41) is 7.72. The van der Waals surface area contributed by atoms with Gasteiger partial charge in [-0.15, -0.1) is 0 Å². The fourth-order valence-corrected chi connectivity index (χ4v) is 2.79. The molecule has 1 N–H and O–H groups in total. The van der Waals surface area contributed by atoms with Crippen LogP contribution in [-0.4, -0.2) is 22.9 Å². The Balaban J connectivity index is 1.86. The van der Waals surface area contributed by atoms with Crippen LogP contribution >= 0.6 is 0 Å². The zero-order chi connectivity index (χ0) is 13.2. The minimum Gasteiger partial charge on any atom is -0.488 e. The first-order chi connectivity index (χ1) is 9.33. The molecule has 4 heteroatoms. The summed E-state index contributed by atoms with van der Waals surface area (Å²) >= 11 is 0. The summed E-state index contributed by atoms with van der Waals surface area (Å²) in [6.07, 6.45) is 2.92. The monoisotopic (exact) mass is 257 g/mol. The highest BCUT2D eigenvalue weighted by Crippen LogP contribution is 2.33. The smallest absolute Gasteiger partial charge is 0.124 e. The summed E-state index contributed by atoms with van der Waals surface area (Å²) in [6.45, 7) is 2.98. The molecule has 3 rings (SSSR count). The molecule has 100 valence electrons. The molecular formula is C15H19N3O. The average molecular weight is 257 g/mol. The highest BCUT2D eigenvalue weighted by molar-refractivity contribution is 5.38. The number of aromatic nitrogens is 2. The Morgan fingerprint density at radius 1 is 1.42 bits per heavy atom. The quantitative estimate of drug-likeness (QED) is 0.912. The second-order valence-corrected chi connectivity index (χ2v) is 4.81. The number of ether oxygens (including phenoxy) is 1. The second kappa shape index (κ2) is 5.05. The number of benzene rings is 1. The Morgan fingerprint density at radius 3 is 3.00 bits per heavy atom. The minimum absolute atomic E-state index is 0.129. The molecule has 0 bridgehead atoms. The first kappa shape index (κ1) is 12.2. The largest absolute Gasteiger partial charge is 0.488 e. The van der Waals surface area contributed by atoms with E-state index in [-0.39, 0.29) is 12.1 Å². The Morgan fingerprint density at radius 2 is 2.26 bits per heavy atom. The lowest BCUT2D eigenvalue weighted by atomic mass is 10.0. The van der Waals surface area contributed by atoms with E-state index in [1.54, 1.807) is 0 Å². The molecule has 1 aliphatic rings. The van der Waals surface area contributed by atoms with Crippen LogP contribution < -0.4 is 10.1 Å². The third kappa shape index (κ3) is 2.12. The third-order valence-electron chi connectivity index (χ3n) is 3.72.